The number of hydrogen-bond donors (Lipinski definition) is 1. The lowest BCUT2D eigenvalue weighted by molar-refractivity contribution is -0.130. The Morgan fingerprint density at radius 3 is 2.56 bits per heavy atom. The summed E-state index contributed by atoms with van der Waals surface area (Å²) in [5.74, 6) is 0.717. The number of nitrogens with zero attached hydrogens (tertiary/aromatic N) is 4. The third-order valence-corrected chi connectivity index (χ3v) is 4.66. The first kappa shape index (κ1) is 17.4. The number of hydrogen-bond acceptors (Lipinski definition) is 5. The summed E-state index contributed by atoms with van der Waals surface area (Å²) in [6.45, 7) is 2.53. The van der Waals surface area contributed by atoms with Gasteiger partial charge >= 0.3 is 0 Å². The maximum absolute atomic E-state index is 12.2. The van der Waals surface area contributed by atoms with Crippen molar-refractivity contribution in [2.45, 2.75) is 45.1 Å². The SMILES string of the molecule is CN1N=C(C(=O)NCc2ccc(N3CCCCCC3)nc2)CCC1=O. The highest BCUT2D eigenvalue weighted by Crippen LogP contribution is 2.17. The number of rotatable bonds is 4. The summed E-state index contributed by atoms with van der Waals surface area (Å²) in [7, 11) is 1.57. The van der Waals surface area contributed by atoms with E-state index < -0.39 is 0 Å². The standard InChI is InChI=1S/C18H25N5O2/c1-22-17(24)9-7-15(21-22)18(25)20-13-14-6-8-16(19-12-14)23-10-4-2-3-5-11-23/h6,8,12H,2-5,7,9-11,13H2,1H3,(H,20,25). The number of aromatic nitrogens is 1. The predicted octanol–water partition coefficient (Wildman–Crippen LogP) is 1.69. The molecule has 1 N–H and O–H groups in total. The molecule has 0 aromatic carbocycles. The average Bonchev–Trinajstić information content (AvgIpc) is 2.92. The van der Waals surface area contributed by atoms with Crippen LogP contribution < -0.4 is 10.2 Å². The van der Waals surface area contributed by atoms with Crippen LogP contribution in [0.3, 0.4) is 0 Å². The van der Waals surface area contributed by atoms with Gasteiger partial charge in [-0.15, -0.1) is 0 Å². The van der Waals surface area contributed by atoms with Crippen molar-refractivity contribution in [1.29, 1.82) is 0 Å². The molecule has 2 aliphatic heterocycles. The van der Waals surface area contributed by atoms with E-state index in [9.17, 15) is 9.59 Å². The number of carbonyl (C=O) groups is 2. The molecule has 2 amide bonds. The van der Waals surface area contributed by atoms with E-state index in [0.717, 1.165) is 24.5 Å². The summed E-state index contributed by atoms with van der Waals surface area (Å²) in [5.41, 5.74) is 1.35. The highest BCUT2D eigenvalue weighted by atomic mass is 16.2. The van der Waals surface area contributed by atoms with Crippen LogP contribution in [0.5, 0.6) is 0 Å². The number of nitrogens with one attached hydrogen (secondary N) is 1. The molecule has 0 radical (unpaired) electrons. The quantitative estimate of drug-likeness (QED) is 0.902. The van der Waals surface area contributed by atoms with E-state index in [2.05, 4.69) is 20.3 Å². The van der Waals surface area contributed by atoms with Gasteiger partial charge in [0.2, 0.25) is 5.91 Å². The van der Waals surface area contributed by atoms with Crippen molar-refractivity contribution in [1.82, 2.24) is 15.3 Å². The Hall–Kier alpha value is -2.44. The minimum absolute atomic E-state index is 0.0650. The summed E-state index contributed by atoms with van der Waals surface area (Å²) < 4.78 is 0. The van der Waals surface area contributed by atoms with Crippen LogP contribution in [0, 0.1) is 0 Å². The van der Waals surface area contributed by atoms with E-state index in [0.29, 0.717) is 25.1 Å². The van der Waals surface area contributed by atoms with Crippen LogP contribution in [0.2, 0.25) is 0 Å². The molecule has 25 heavy (non-hydrogen) atoms. The van der Waals surface area contributed by atoms with Crippen molar-refractivity contribution in [3.63, 3.8) is 0 Å². The van der Waals surface area contributed by atoms with Crippen molar-refractivity contribution >= 4 is 23.3 Å². The Kier molecular flexibility index (Phi) is 5.63. The van der Waals surface area contributed by atoms with Crippen LogP contribution in [0.25, 0.3) is 0 Å². The average molecular weight is 343 g/mol. The van der Waals surface area contributed by atoms with Gasteiger partial charge in [0.15, 0.2) is 0 Å². The van der Waals surface area contributed by atoms with Gasteiger partial charge in [0.05, 0.1) is 0 Å². The first-order chi connectivity index (χ1) is 12.1. The topological polar surface area (TPSA) is 77.9 Å². The van der Waals surface area contributed by atoms with Gasteiger partial charge in [0, 0.05) is 45.7 Å². The molecule has 1 saturated heterocycles. The molecule has 134 valence electrons. The maximum atomic E-state index is 12.2. The van der Waals surface area contributed by atoms with Gasteiger partial charge in [-0.25, -0.2) is 9.99 Å². The van der Waals surface area contributed by atoms with Gasteiger partial charge in [-0.2, -0.15) is 5.10 Å². The highest BCUT2D eigenvalue weighted by Gasteiger charge is 2.21. The smallest absolute Gasteiger partial charge is 0.267 e. The second-order valence-corrected chi connectivity index (χ2v) is 6.57. The molecule has 1 fully saturated rings. The fourth-order valence-corrected chi connectivity index (χ4v) is 3.13. The molecule has 0 atom stereocenters. The molecule has 3 rings (SSSR count). The maximum Gasteiger partial charge on any atom is 0.267 e. The van der Waals surface area contributed by atoms with E-state index in [1.54, 1.807) is 7.05 Å². The lowest BCUT2D eigenvalue weighted by Gasteiger charge is -2.21. The Labute approximate surface area is 148 Å². The van der Waals surface area contributed by atoms with Crippen LogP contribution >= 0.6 is 0 Å². The van der Waals surface area contributed by atoms with Crippen LogP contribution in [-0.4, -0.2) is 47.7 Å². The molecular weight excluding hydrogens is 318 g/mol. The van der Waals surface area contributed by atoms with Crippen molar-refractivity contribution in [3.8, 4) is 0 Å². The zero-order chi connectivity index (χ0) is 17.6. The van der Waals surface area contributed by atoms with E-state index in [4.69, 9.17) is 0 Å². The van der Waals surface area contributed by atoms with Gasteiger partial charge in [-0.05, 0) is 24.5 Å². The highest BCUT2D eigenvalue weighted by molar-refractivity contribution is 6.39. The first-order valence-corrected chi connectivity index (χ1v) is 8.95. The van der Waals surface area contributed by atoms with Crippen LogP contribution in [0.4, 0.5) is 5.82 Å². The first-order valence-electron chi connectivity index (χ1n) is 8.95. The second kappa shape index (κ2) is 8.09. The molecular formula is C18H25N5O2. The minimum Gasteiger partial charge on any atom is -0.357 e. The monoisotopic (exact) mass is 343 g/mol. The van der Waals surface area contributed by atoms with Crippen LogP contribution in [0.1, 0.15) is 44.1 Å². The van der Waals surface area contributed by atoms with Crippen LogP contribution in [-0.2, 0) is 16.1 Å². The van der Waals surface area contributed by atoms with Crippen molar-refractivity contribution < 1.29 is 9.59 Å². The molecule has 0 saturated carbocycles. The Morgan fingerprint density at radius 1 is 1.16 bits per heavy atom. The number of amides is 2. The molecule has 1 aromatic rings. The summed E-state index contributed by atoms with van der Waals surface area (Å²) >= 11 is 0. The molecule has 0 aliphatic carbocycles. The van der Waals surface area contributed by atoms with Gasteiger partial charge in [0.1, 0.15) is 11.5 Å². The van der Waals surface area contributed by atoms with Gasteiger partial charge < -0.3 is 10.2 Å². The molecule has 7 heteroatoms. The fraction of sp³-hybridized carbons (Fsp3) is 0.556. The zero-order valence-corrected chi connectivity index (χ0v) is 14.7. The normalized spacial score (nSPS) is 18.6. The summed E-state index contributed by atoms with van der Waals surface area (Å²) in [5, 5.41) is 8.11. The molecule has 0 spiro atoms. The third-order valence-electron chi connectivity index (χ3n) is 4.66. The number of carbonyl (C=O) groups excluding carboxylic acids is 2. The zero-order valence-electron chi connectivity index (χ0n) is 14.7. The lowest BCUT2D eigenvalue weighted by atomic mass is 10.1. The van der Waals surface area contributed by atoms with E-state index in [1.165, 1.54) is 30.7 Å². The molecule has 3 heterocycles. The van der Waals surface area contributed by atoms with Crippen LogP contribution in [0.15, 0.2) is 23.4 Å². The number of anilines is 1. The van der Waals surface area contributed by atoms with E-state index >= 15 is 0 Å². The third kappa shape index (κ3) is 4.55. The largest absolute Gasteiger partial charge is 0.357 e. The minimum atomic E-state index is -0.226. The fourth-order valence-electron chi connectivity index (χ4n) is 3.13. The predicted molar refractivity (Wildman–Crippen MR) is 96.2 cm³/mol. The van der Waals surface area contributed by atoms with Gasteiger partial charge in [0.25, 0.3) is 5.91 Å². The van der Waals surface area contributed by atoms with E-state index in [-0.39, 0.29) is 11.8 Å². The summed E-state index contributed by atoms with van der Waals surface area (Å²) in [6.07, 6.45) is 7.57. The molecule has 7 nitrogen and oxygen atoms in total. The summed E-state index contributed by atoms with van der Waals surface area (Å²) in [4.78, 5) is 30.4. The molecule has 0 bridgehead atoms. The lowest BCUT2D eigenvalue weighted by Crippen LogP contribution is -2.37. The Morgan fingerprint density at radius 2 is 1.92 bits per heavy atom. The second-order valence-electron chi connectivity index (χ2n) is 6.57. The summed E-state index contributed by atoms with van der Waals surface area (Å²) in [6, 6.07) is 4.03. The van der Waals surface area contributed by atoms with E-state index in [1.807, 2.05) is 18.3 Å². The number of hydrazone groups is 1. The molecule has 1 aromatic heterocycles. The number of pyridine rings is 1. The van der Waals surface area contributed by atoms with Crippen molar-refractivity contribution in [2.75, 3.05) is 25.0 Å². The van der Waals surface area contributed by atoms with Gasteiger partial charge in [-0.1, -0.05) is 18.9 Å². The Bertz CT molecular complexity index is 648. The van der Waals surface area contributed by atoms with Gasteiger partial charge in [-0.3, -0.25) is 9.59 Å². The Balaban J connectivity index is 1.54. The molecule has 0 unspecified atom stereocenters. The van der Waals surface area contributed by atoms with Crippen molar-refractivity contribution in [3.05, 3.63) is 23.9 Å². The molecule has 2 aliphatic rings. The van der Waals surface area contributed by atoms with Crippen molar-refractivity contribution in [2.24, 2.45) is 5.10 Å².